The number of rotatable bonds is 10. The van der Waals surface area contributed by atoms with Crippen molar-refractivity contribution in [2.24, 2.45) is 0 Å². The van der Waals surface area contributed by atoms with Crippen LogP contribution in [0.1, 0.15) is 19.4 Å². The maximum absolute atomic E-state index is 13.6. The number of likely N-dealkylation sites (N-methyl/N-ethyl adjacent to an activating group) is 1. The first-order chi connectivity index (χ1) is 16.7. The van der Waals surface area contributed by atoms with Crippen LogP contribution in [0.25, 0.3) is 0 Å². The molecule has 0 aliphatic heterocycles. The normalized spacial score (nSPS) is 12.0. The third-order valence-electron chi connectivity index (χ3n) is 5.44. The number of nitrogens with one attached hydrogen (secondary N) is 1. The van der Waals surface area contributed by atoms with Crippen molar-refractivity contribution in [3.8, 4) is 0 Å². The van der Waals surface area contributed by atoms with Gasteiger partial charge in [0.15, 0.2) is 0 Å². The van der Waals surface area contributed by atoms with E-state index in [-0.39, 0.29) is 23.0 Å². The lowest BCUT2D eigenvalue weighted by atomic mass is 10.1. The van der Waals surface area contributed by atoms with Crippen molar-refractivity contribution in [3.63, 3.8) is 0 Å². The summed E-state index contributed by atoms with van der Waals surface area (Å²) in [5.74, 6) is -0.831. The fourth-order valence-electron chi connectivity index (χ4n) is 3.54. The Morgan fingerprint density at radius 3 is 2.06 bits per heavy atom. The molecule has 35 heavy (non-hydrogen) atoms. The first-order valence-corrected chi connectivity index (χ1v) is 13.0. The van der Waals surface area contributed by atoms with Crippen LogP contribution in [0.5, 0.6) is 0 Å². The summed E-state index contributed by atoms with van der Waals surface area (Å²) in [6.07, 6.45) is 0. The number of carbonyl (C=O) groups is 2. The topological polar surface area (TPSA) is 86.8 Å². The molecule has 0 aliphatic rings. The quantitative estimate of drug-likeness (QED) is 0.442. The molecule has 2 amide bonds. The summed E-state index contributed by atoms with van der Waals surface area (Å²) in [5, 5.41) is 3.17. The van der Waals surface area contributed by atoms with Crippen LogP contribution >= 0.6 is 11.6 Å². The zero-order chi connectivity index (χ0) is 25.4. The second-order valence-electron chi connectivity index (χ2n) is 7.88. The summed E-state index contributed by atoms with van der Waals surface area (Å²) in [6.45, 7) is 3.50. The van der Waals surface area contributed by atoms with Gasteiger partial charge in [0.25, 0.3) is 10.0 Å². The van der Waals surface area contributed by atoms with Gasteiger partial charge in [0.2, 0.25) is 11.8 Å². The van der Waals surface area contributed by atoms with Gasteiger partial charge in [-0.25, -0.2) is 8.42 Å². The zero-order valence-electron chi connectivity index (χ0n) is 19.6. The second-order valence-corrected chi connectivity index (χ2v) is 10.2. The van der Waals surface area contributed by atoms with Crippen molar-refractivity contribution in [1.82, 2.24) is 10.2 Å². The smallest absolute Gasteiger partial charge is 0.264 e. The fourth-order valence-corrected chi connectivity index (χ4v) is 5.10. The number of amides is 2. The molecule has 9 heteroatoms. The van der Waals surface area contributed by atoms with E-state index < -0.39 is 28.5 Å². The van der Waals surface area contributed by atoms with E-state index in [4.69, 9.17) is 11.6 Å². The van der Waals surface area contributed by atoms with E-state index in [9.17, 15) is 18.0 Å². The van der Waals surface area contributed by atoms with Crippen LogP contribution in [0.15, 0.2) is 89.8 Å². The molecule has 0 heterocycles. The number of halogens is 1. The van der Waals surface area contributed by atoms with Crippen molar-refractivity contribution >= 4 is 39.1 Å². The third-order valence-corrected chi connectivity index (χ3v) is 7.48. The molecule has 0 aliphatic carbocycles. The molecular weight excluding hydrogens is 486 g/mol. The second kappa shape index (κ2) is 11.9. The predicted octanol–water partition coefficient (Wildman–Crippen LogP) is 4.09. The molecule has 0 bridgehead atoms. The van der Waals surface area contributed by atoms with Gasteiger partial charge in [0, 0.05) is 18.1 Å². The zero-order valence-corrected chi connectivity index (χ0v) is 21.2. The van der Waals surface area contributed by atoms with Crippen LogP contribution in [0.3, 0.4) is 0 Å². The van der Waals surface area contributed by atoms with Gasteiger partial charge in [0.1, 0.15) is 12.6 Å². The highest BCUT2D eigenvalue weighted by Gasteiger charge is 2.32. The maximum Gasteiger partial charge on any atom is 0.264 e. The Morgan fingerprint density at radius 1 is 0.914 bits per heavy atom. The summed E-state index contributed by atoms with van der Waals surface area (Å²) in [5.41, 5.74) is 1.11. The van der Waals surface area contributed by atoms with E-state index in [0.717, 1.165) is 9.87 Å². The number of benzene rings is 3. The summed E-state index contributed by atoms with van der Waals surface area (Å²) < 4.78 is 28.2. The molecule has 3 aromatic carbocycles. The molecule has 0 radical (unpaired) electrons. The first kappa shape index (κ1) is 26.2. The molecule has 0 unspecified atom stereocenters. The molecule has 1 N–H and O–H groups in total. The molecule has 3 aromatic rings. The average Bonchev–Trinajstić information content (AvgIpc) is 2.87. The largest absolute Gasteiger partial charge is 0.355 e. The molecule has 0 aromatic heterocycles. The number of nitrogens with zero attached hydrogens (tertiary/aromatic N) is 2. The third kappa shape index (κ3) is 6.61. The van der Waals surface area contributed by atoms with Crippen molar-refractivity contribution in [2.45, 2.75) is 31.3 Å². The van der Waals surface area contributed by atoms with Gasteiger partial charge in [-0.15, -0.1) is 0 Å². The number of carbonyl (C=O) groups excluding carboxylic acids is 2. The minimum Gasteiger partial charge on any atom is -0.355 e. The predicted molar refractivity (Wildman–Crippen MR) is 138 cm³/mol. The van der Waals surface area contributed by atoms with Crippen LogP contribution in [0.2, 0.25) is 5.02 Å². The Labute approximate surface area is 211 Å². The highest BCUT2D eigenvalue weighted by Crippen LogP contribution is 2.26. The maximum atomic E-state index is 13.6. The molecule has 0 saturated heterocycles. The lowest BCUT2D eigenvalue weighted by Crippen LogP contribution is -2.51. The number of hydrogen-bond acceptors (Lipinski definition) is 4. The Morgan fingerprint density at radius 2 is 1.49 bits per heavy atom. The lowest BCUT2D eigenvalue weighted by Gasteiger charge is -2.32. The first-order valence-electron chi connectivity index (χ1n) is 11.2. The van der Waals surface area contributed by atoms with Crippen LogP contribution in [-0.4, -0.2) is 44.3 Å². The van der Waals surface area contributed by atoms with Crippen LogP contribution in [0, 0.1) is 0 Å². The summed E-state index contributed by atoms with van der Waals surface area (Å²) >= 11 is 6.01. The van der Waals surface area contributed by atoms with E-state index in [1.807, 2.05) is 30.3 Å². The van der Waals surface area contributed by atoms with Crippen molar-refractivity contribution in [2.75, 3.05) is 17.4 Å². The minimum atomic E-state index is -4.08. The van der Waals surface area contributed by atoms with E-state index in [0.29, 0.717) is 11.6 Å². The van der Waals surface area contributed by atoms with Gasteiger partial charge in [-0.1, -0.05) is 60.1 Å². The highest BCUT2D eigenvalue weighted by molar-refractivity contribution is 7.92. The number of sulfonamides is 1. The van der Waals surface area contributed by atoms with E-state index in [1.165, 1.54) is 17.0 Å². The number of hydrogen-bond donors (Lipinski definition) is 1. The summed E-state index contributed by atoms with van der Waals surface area (Å²) in [4.78, 5) is 27.7. The van der Waals surface area contributed by atoms with Gasteiger partial charge < -0.3 is 10.2 Å². The average molecular weight is 514 g/mol. The molecule has 184 valence electrons. The Hall–Kier alpha value is -3.36. The van der Waals surface area contributed by atoms with Crippen LogP contribution < -0.4 is 9.62 Å². The molecule has 0 fully saturated rings. The monoisotopic (exact) mass is 513 g/mol. The summed E-state index contributed by atoms with van der Waals surface area (Å²) in [7, 11) is -4.08. The standard InChI is InChI=1S/C26H28ClN3O4S/c1-3-28-26(32)20(2)29(18-21-10-6-4-7-11-21)25(31)19-30(23-16-14-22(27)15-17-23)35(33,34)24-12-8-5-9-13-24/h4-17,20H,3,18-19H2,1-2H3,(H,28,32)/t20-/m1/s1. The molecule has 0 saturated carbocycles. The van der Waals surface area contributed by atoms with Crippen molar-refractivity contribution in [3.05, 3.63) is 95.5 Å². The van der Waals surface area contributed by atoms with Gasteiger partial charge >= 0.3 is 0 Å². The van der Waals surface area contributed by atoms with Crippen molar-refractivity contribution in [1.29, 1.82) is 0 Å². The minimum absolute atomic E-state index is 0.0501. The number of anilines is 1. The van der Waals surface area contributed by atoms with Crippen molar-refractivity contribution < 1.29 is 18.0 Å². The Balaban J connectivity index is 2.00. The van der Waals surface area contributed by atoms with Gasteiger partial charge in [0.05, 0.1) is 10.6 Å². The molecule has 0 spiro atoms. The van der Waals surface area contributed by atoms with E-state index in [2.05, 4.69) is 5.32 Å². The van der Waals surface area contributed by atoms with Gasteiger partial charge in [-0.05, 0) is 55.8 Å². The molecule has 3 rings (SSSR count). The van der Waals surface area contributed by atoms with Gasteiger partial charge in [-0.2, -0.15) is 0 Å². The molecule has 1 atom stereocenters. The Bertz CT molecular complexity index is 1240. The molecule has 7 nitrogen and oxygen atoms in total. The van der Waals surface area contributed by atoms with Crippen LogP contribution in [-0.2, 0) is 26.2 Å². The lowest BCUT2D eigenvalue weighted by molar-refractivity contribution is -0.139. The van der Waals surface area contributed by atoms with E-state index in [1.54, 1.807) is 56.3 Å². The summed E-state index contributed by atoms with van der Waals surface area (Å²) in [6, 6.07) is 22.6. The van der Waals surface area contributed by atoms with Crippen LogP contribution in [0.4, 0.5) is 5.69 Å². The SMILES string of the molecule is CCNC(=O)[C@@H](C)N(Cc1ccccc1)C(=O)CN(c1ccc(Cl)cc1)S(=O)(=O)c1ccccc1. The van der Waals surface area contributed by atoms with E-state index >= 15 is 0 Å². The fraction of sp³-hybridized carbons (Fsp3) is 0.231. The highest BCUT2D eigenvalue weighted by atomic mass is 35.5. The Kier molecular flexibility index (Phi) is 8.89. The molecular formula is C26H28ClN3O4S. The van der Waals surface area contributed by atoms with Gasteiger partial charge in [-0.3, -0.25) is 13.9 Å².